The summed E-state index contributed by atoms with van der Waals surface area (Å²) < 4.78 is 3.95. The van der Waals surface area contributed by atoms with Crippen LogP contribution >= 0.6 is 0 Å². The molecule has 0 spiro atoms. The number of piperidine rings is 1. The molecule has 2 aromatic carbocycles. The van der Waals surface area contributed by atoms with Gasteiger partial charge in [0.15, 0.2) is 0 Å². The normalized spacial score (nSPS) is 16.5. The first-order valence-electron chi connectivity index (χ1n) is 11.3. The molecule has 0 aliphatic carbocycles. The fourth-order valence-electron chi connectivity index (χ4n) is 4.61. The van der Waals surface area contributed by atoms with Gasteiger partial charge < -0.3 is 9.47 Å². The Kier molecular flexibility index (Phi) is 5.66. The Balaban J connectivity index is 1.30. The van der Waals surface area contributed by atoms with Crippen molar-refractivity contribution >= 4 is 16.9 Å². The zero-order valence-electron chi connectivity index (χ0n) is 18.3. The van der Waals surface area contributed by atoms with Crippen molar-refractivity contribution in [2.24, 2.45) is 0 Å². The monoisotopic (exact) mass is 429 g/mol. The molecule has 1 atom stereocenters. The predicted molar refractivity (Wildman–Crippen MR) is 121 cm³/mol. The lowest BCUT2D eigenvalue weighted by molar-refractivity contribution is -0.131. The summed E-state index contributed by atoms with van der Waals surface area (Å²) in [7, 11) is 0. The van der Waals surface area contributed by atoms with Gasteiger partial charge in [-0.3, -0.25) is 4.79 Å². The summed E-state index contributed by atoms with van der Waals surface area (Å²) in [6, 6.07) is 16.1. The van der Waals surface area contributed by atoms with Crippen molar-refractivity contribution in [3.63, 3.8) is 0 Å². The Morgan fingerprint density at radius 1 is 1.12 bits per heavy atom. The van der Waals surface area contributed by atoms with Gasteiger partial charge in [0, 0.05) is 25.6 Å². The van der Waals surface area contributed by atoms with E-state index in [2.05, 4.69) is 45.2 Å². The highest BCUT2D eigenvalue weighted by atomic mass is 16.2. The lowest BCUT2D eigenvalue weighted by Crippen LogP contribution is -2.40. The fourth-order valence-corrected chi connectivity index (χ4v) is 4.61. The molecule has 8 nitrogen and oxygen atoms in total. The van der Waals surface area contributed by atoms with E-state index in [-0.39, 0.29) is 11.8 Å². The van der Waals surface area contributed by atoms with Gasteiger partial charge in [0.25, 0.3) is 0 Å². The van der Waals surface area contributed by atoms with E-state index in [0.717, 1.165) is 61.5 Å². The lowest BCUT2D eigenvalue weighted by atomic mass is 9.96. The number of amides is 1. The highest BCUT2D eigenvalue weighted by molar-refractivity contribution is 5.79. The highest BCUT2D eigenvalue weighted by Crippen LogP contribution is 2.30. The molecule has 2 aromatic heterocycles. The Morgan fingerprint density at radius 2 is 1.97 bits per heavy atom. The zero-order valence-corrected chi connectivity index (χ0v) is 18.3. The zero-order chi connectivity index (χ0) is 21.9. The number of carbonyl (C=O) groups excluding carboxylic acids is 1. The van der Waals surface area contributed by atoms with Crippen molar-refractivity contribution in [2.45, 2.75) is 45.1 Å². The summed E-state index contributed by atoms with van der Waals surface area (Å²) in [5.74, 6) is 1.56. The standard InChI is InChI=1S/C24H27N7O/c1-2-13-30-22-8-4-3-7-21(22)26-24(30)19-6-5-14-29(16-19)23(32)15-18-9-11-20(12-10-18)31-17-25-27-28-31/h3-4,7-12,17,19H,2,5-6,13-16H2,1H3. The molecule has 164 valence electrons. The minimum absolute atomic E-state index is 0.169. The summed E-state index contributed by atoms with van der Waals surface area (Å²) in [6.45, 7) is 4.69. The third kappa shape index (κ3) is 4.00. The topological polar surface area (TPSA) is 81.7 Å². The molecule has 8 heteroatoms. The molecule has 1 amide bonds. The average molecular weight is 430 g/mol. The van der Waals surface area contributed by atoms with E-state index in [4.69, 9.17) is 4.98 Å². The molecule has 3 heterocycles. The average Bonchev–Trinajstić information content (AvgIpc) is 3.49. The number of rotatable bonds is 6. The van der Waals surface area contributed by atoms with E-state index in [1.165, 1.54) is 5.52 Å². The number of aryl methyl sites for hydroxylation is 1. The molecule has 32 heavy (non-hydrogen) atoms. The van der Waals surface area contributed by atoms with E-state index in [1.54, 1.807) is 11.0 Å². The van der Waals surface area contributed by atoms with Crippen molar-refractivity contribution in [1.82, 2.24) is 34.7 Å². The predicted octanol–water partition coefficient (Wildman–Crippen LogP) is 3.37. The first-order valence-corrected chi connectivity index (χ1v) is 11.3. The lowest BCUT2D eigenvalue weighted by Gasteiger charge is -2.33. The Morgan fingerprint density at radius 3 is 2.75 bits per heavy atom. The molecule has 4 aromatic rings. The van der Waals surface area contributed by atoms with Crippen LogP contribution in [-0.2, 0) is 17.8 Å². The van der Waals surface area contributed by atoms with Crippen LogP contribution in [0.25, 0.3) is 16.7 Å². The second-order valence-corrected chi connectivity index (χ2v) is 8.39. The van der Waals surface area contributed by atoms with E-state index < -0.39 is 0 Å². The molecule has 1 saturated heterocycles. The molecular weight excluding hydrogens is 402 g/mol. The summed E-state index contributed by atoms with van der Waals surface area (Å²) in [4.78, 5) is 20.1. The number of hydrogen-bond acceptors (Lipinski definition) is 5. The van der Waals surface area contributed by atoms with E-state index in [0.29, 0.717) is 6.42 Å². The molecule has 0 bridgehead atoms. The van der Waals surface area contributed by atoms with Gasteiger partial charge in [0.1, 0.15) is 12.2 Å². The van der Waals surface area contributed by atoms with Gasteiger partial charge in [-0.1, -0.05) is 31.2 Å². The Labute approximate surface area is 186 Å². The van der Waals surface area contributed by atoms with Crippen LogP contribution in [-0.4, -0.2) is 53.7 Å². The number of aromatic nitrogens is 6. The fraction of sp³-hybridized carbons (Fsp3) is 0.375. The van der Waals surface area contributed by atoms with Crippen molar-refractivity contribution in [3.05, 3.63) is 66.2 Å². The molecule has 1 unspecified atom stereocenters. The highest BCUT2D eigenvalue weighted by Gasteiger charge is 2.28. The van der Waals surface area contributed by atoms with Crippen molar-refractivity contribution in [2.75, 3.05) is 13.1 Å². The van der Waals surface area contributed by atoms with Gasteiger partial charge in [0.05, 0.1) is 23.1 Å². The minimum Gasteiger partial charge on any atom is -0.342 e. The van der Waals surface area contributed by atoms with Crippen LogP contribution in [0.5, 0.6) is 0 Å². The maximum absolute atomic E-state index is 13.1. The number of imidazole rings is 1. The quantitative estimate of drug-likeness (QED) is 0.469. The van der Waals surface area contributed by atoms with Crippen molar-refractivity contribution in [1.29, 1.82) is 0 Å². The summed E-state index contributed by atoms with van der Waals surface area (Å²) in [5.41, 5.74) is 4.10. The number of benzene rings is 2. The van der Waals surface area contributed by atoms with Gasteiger partial charge in [0.2, 0.25) is 5.91 Å². The van der Waals surface area contributed by atoms with Crippen LogP contribution in [0.2, 0.25) is 0 Å². The number of carbonyl (C=O) groups is 1. The van der Waals surface area contributed by atoms with Gasteiger partial charge >= 0.3 is 0 Å². The van der Waals surface area contributed by atoms with Gasteiger partial charge in [-0.25, -0.2) is 9.67 Å². The summed E-state index contributed by atoms with van der Waals surface area (Å²) >= 11 is 0. The summed E-state index contributed by atoms with van der Waals surface area (Å²) in [5, 5.41) is 11.2. The minimum atomic E-state index is 0.169. The van der Waals surface area contributed by atoms with Crippen molar-refractivity contribution in [3.8, 4) is 5.69 Å². The van der Waals surface area contributed by atoms with Crippen LogP contribution in [0.4, 0.5) is 0 Å². The van der Waals surface area contributed by atoms with Gasteiger partial charge in [-0.15, -0.1) is 5.10 Å². The number of tetrazole rings is 1. The van der Waals surface area contributed by atoms with Crippen LogP contribution in [0, 0.1) is 0 Å². The molecule has 0 radical (unpaired) electrons. The third-order valence-electron chi connectivity index (χ3n) is 6.18. The smallest absolute Gasteiger partial charge is 0.227 e. The van der Waals surface area contributed by atoms with Gasteiger partial charge in [-0.2, -0.15) is 0 Å². The molecule has 5 rings (SSSR count). The van der Waals surface area contributed by atoms with E-state index >= 15 is 0 Å². The molecule has 1 fully saturated rings. The third-order valence-corrected chi connectivity index (χ3v) is 6.18. The maximum atomic E-state index is 13.1. The summed E-state index contributed by atoms with van der Waals surface area (Å²) in [6.07, 6.45) is 5.08. The molecule has 1 aliphatic heterocycles. The SMILES string of the molecule is CCCn1c(C2CCCN(C(=O)Cc3ccc(-n4cnnn4)cc3)C2)nc2ccccc21. The largest absolute Gasteiger partial charge is 0.342 e. The second-order valence-electron chi connectivity index (χ2n) is 8.39. The molecule has 0 saturated carbocycles. The van der Waals surface area contributed by atoms with Crippen LogP contribution in [0.15, 0.2) is 54.9 Å². The van der Waals surface area contributed by atoms with Crippen LogP contribution in [0.1, 0.15) is 43.5 Å². The van der Waals surface area contributed by atoms with Crippen LogP contribution in [0.3, 0.4) is 0 Å². The van der Waals surface area contributed by atoms with Crippen LogP contribution < -0.4 is 0 Å². The number of nitrogens with zero attached hydrogens (tertiary/aromatic N) is 7. The Bertz CT molecular complexity index is 1200. The van der Waals surface area contributed by atoms with Crippen molar-refractivity contribution < 1.29 is 4.79 Å². The van der Waals surface area contributed by atoms with E-state index in [9.17, 15) is 4.79 Å². The number of hydrogen-bond donors (Lipinski definition) is 0. The maximum Gasteiger partial charge on any atom is 0.227 e. The first kappa shape index (κ1) is 20.4. The second kappa shape index (κ2) is 8.90. The first-order chi connectivity index (χ1) is 15.7. The Hall–Kier alpha value is -3.55. The molecule has 1 aliphatic rings. The molecular formula is C24H27N7O. The van der Waals surface area contributed by atoms with E-state index in [1.807, 2.05) is 35.2 Å². The molecule has 0 N–H and O–H groups in total. The number of para-hydroxylation sites is 2. The van der Waals surface area contributed by atoms with Gasteiger partial charge in [-0.05, 0) is 59.5 Å². The number of fused-ring (bicyclic) bond motifs is 1. The number of likely N-dealkylation sites (tertiary alicyclic amines) is 1.